The molecule has 0 aliphatic rings. The quantitative estimate of drug-likeness (QED) is 0.461. The predicted molar refractivity (Wildman–Crippen MR) is 62.0 cm³/mol. The van der Waals surface area contributed by atoms with Gasteiger partial charge in [-0.1, -0.05) is 15.9 Å². The molecule has 0 aliphatic carbocycles. The maximum absolute atomic E-state index is 12.9. The second kappa shape index (κ2) is 6.38. The van der Waals surface area contributed by atoms with Crippen molar-refractivity contribution in [3.63, 3.8) is 0 Å². The van der Waals surface area contributed by atoms with Crippen molar-refractivity contribution in [3.05, 3.63) is 28.8 Å². The number of rotatable bonds is 4. The van der Waals surface area contributed by atoms with Crippen LogP contribution in [-0.2, 0) is 16.2 Å². The van der Waals surface area contributed by atoms with Crippen molar-refractivity contribution < 1.29 is 36.2 Å². The molecule has 0 N–H and O–H groups in total. The number of carbonyl (C=O) groups excluding carboxylic acids is 1. The first-order valence-corrected chi connectivity index (χ1v) is 6.16. The zero-order valence-corrected chi connectivity index (χ0v) is 11.5. The summed E-state index contributed by atoms with van der Waals surface area (Å²) in [5, 5.41) is -0.304. The lowest BCUT2D eigenvalue weighted by molar-refractivity contribution is -0.138. The molecule has 9 heteroatoms. The van der Waals surface area contributed by atoms with E-state index in [1.807, 2.05) is 0 Å². The summed E-state index contributed by atoms with van der Waals surface area (Å²) in [6, 6.07) is 1.19. The molecule has 0 amide bonds. The lowest BCUT2D eigenvalue weighted by Crippen LogP contribution is -2.15. The first-order chi connectivity index (χ1) is 9.20. The Morgan fingerprint density at radius 2 is 1.95 bits per heavy atom. The van der Waals surface area contributed by atoms with Crippen molar-refractivity contribution in [1.29, 1.82) is 0 Å². The lowest BCUT2D eigenvalue weighted by atomic mass is 10.0. The average Bonchev–Trinajstić information content (AvgIpc) is 2.35. The van der Waals surface area contributed by atoms with Gasteiger partial charge in [0, 0.05) is 5.33 Å². The fourth-order valence-corrected chi connectivity index (χ4v) is 2.11. The summed E-state index contributed by atoms with van der Waals surface area (Å²) >= 11 is 2.83. The van der Waals surface area contributed by atoms with Crippen LogP contribution >= 0.6 is 15.9 Å². The molecule has 0 unspecified atom stereocenters. The summed E-state index contributed by atoms with van der Waals surface area (Å²) in [4.78, 5) is 11.5. The van der Waals surface area contributed by atoms with Gasteiger partial charge in [0.2, 0.25) is 0 Å². The minimum absolute atomic E-state index is 0.304. The van der Waals surface area contributed by atoms with Gasteiger partial charge in [0.05, 0.1) is 18.2 Å². The van der Waals surface area contributed by atoms with Crippen molar-refractivity contribution in [3.8, 4) is 5.75 Å². The molecular formula is C11H8BrF5O3. The first kappa shape index (κ1) is 16.7. The van der Waals surface area contributed by atoms with Crippen LogP contribution in [0.15, 0.2) is 12.1 Å². The van der Waals surface area contributed by atoms with Crippen molar-refractivity contribution >= 4 is 21.9 Å². The van der Waals surface area contributed by atoms with Crippen LogP contribution in [0.4, 0.5) is 22.0 Å². The van der Waals surface area contributed by atoms with Gasteiger partial charge in [-0.3, -0.25) is 0 Å². The summed E-state index contributed by atoms with van der Waals surface area (Å²) < 4.78 is 71.2. The van der Waals surface area contributed by atoms with E-state index < -0.39 is 41.2 Å². The van der Waals surface area contributed by atoms with Gasteiger partial charge in [-0.2, -0.15) is 22.0 Å². The summed E-state index contributed by atoms with van der Waals surface area (Å²) in [5.41, 5.74) is -2.14. The van der Waals surface area contributed by atoms with Crippen molar-refractivity contribution in [2.75, 3.05) is 7.11 Å². The summed E-state index contributed by atoms with van der Waals surface area (Å²) in [5.74, 6) is -1.85. The number of hydrogen-bond acceptors (Lipinski definition) is 3. The number of esters is 1. The fraction of sp³-hybridized carbons (Fsp3) is 0.364. The number of carbonyl (C=O) groups is 1. The lowest BCUT2D eigenvalue weighted by Gasteiger charge is -2.16. The van der Waals surface area contributed by atoms with Gasteiger partial charge in [0.1, 0.15) is 5.75 Å². The average molecular weight is 363 g/mol. The highest BCUT2D eigenvalue weighted by molar-refractivity contribution is 9.08. The van der Waals surface area contributed by atoms with Crippen LogP contribution in [-0.4, -0.2) is 19.7 Å². The van der Waals surface area contributed by atoms with Crippen molar-refractivity contribution in [2.45, 2.75) is 18.1 Å². The summed E-state index contributed by atoms with van der Waals surface area (Å²) in [7, 11) is 0.967. The minimum atomic E-state index is -4.83. The molecule has 1 rings (SSSR count). The molecule has 0 aliphatic heterocycles. The summed E-state index contributed by atoms with van der Waals surface area (Å²) in [6.07, 6.45) is -4.83. The van der Waals surface area contributed by atoms with Crippen LogP contribution in [0.3, 0.4) is 0 Å². The molecule has 0 saturated heterocycles. The van der Waals surface area contributed by atoms with Gasteiger partial charge < -0.3 is 9.47 Å². The van der Waals surface area contributed by atoms with E-state index in [-0.39, 0.29) is 5.33 Å². The van der Waals surface area contributed by atoms with Gasteiger partial charge >= 0.3 is 18.8 Å². The molecule has 112 valence electrons. The molecule has 0 atom stereocenters. The highest BCUT2D eigenvalue weighted by atomic mass is 79.9. The molecule has 0 bridgehead atoms. The molecule has 1 aromatic carbocycles. The molecule has 0 aromatic heterocycles. The van der Waals surface area contributed by atoms with Crippen LogP contribution in [0.5, 0.6) is 5.75 Å². The van der Waals surface area contributed by atoms with Gasteiger partial charge in [0.15, 0.2) is 0 Å². The van der Waals surface area contributed by atoms with Gasteiger partial charge in [-0.05, 0) is 17.7 Å². The Morgan fingerprint density at radius 1 is 1.35 bits per heavy atom. The molecular weight excluding hydrogens is 355 g/mol. The molecule has 1 aromatic rings. The molecule has 0 radical (unpaired) electrons. The third-order valence-electron chi connectivity index (χ3n) is 2.29. The number of benzene rings is 1. The Labute approximate surface area is 118 Å². The standard InChI is InChI=1S/C11H8BrF5O3/c1-19-9(18)6-2-5(20-10(13)14)3-8(7(6)4-12)11(15,16)17/h2-3,10H,4H2,1H3. The van der Waals surface area contributed by atoms with Crippen molar-refractivity contribution in [1.82, 2.24) is 0 Å². The number of halogens is 6. The zero-order valence-electron chi connectivity index (χ0n) is 9.93. The second-order valence-corrected chi connectivity index (χ2v) is 4.06. The molecule has 0 heterocycles. The van der Waals surface area contributed by atoms with E-state index in [4.69, 9.17) is 0 Å². The SMILES string of the molecule is COC(=O)c1cc(OC(F)F)cc(C(F)(F)F)c1CBr. The largest absolute Gasteiger partial charge is 0.465 e. The number of methoxy groups -OCH3 is 1. The zero-order chi connectivity index (χ0) is 15.5. The molecule has 0 fully saturated rings. The normalized spacial score (nSPS) is 11.6. The summed E-state index contributed by atoms with van der Waals surface area (Å²) in [6.45, 7) is -3.31. The van der Waals surface area contributed by atoms with Crippen LogP contribution in [0.25, 0.3) is 0 Å². The van der Waals surface area contributed by atoms with Crippen LogP contribution in [0.2, 0.25) is 0 Å². The van der Waals surface area contributed by atoms with E-state index in [1.54, 1.807) is 0 Å². The Balaban J connectivity index is 3.51. The molecule has 0 spiro atoms. The van der Waals surface area contributed by atoms with E-state index in [0.29, 0.717) is 6.07 Å². The maximum atomic E-state index is 12.9. The number of ether oxygens (including phenoxy) is 2. The maximum Gasteiger partial charge on any atom is 0.416 e. The smallest absolute Gasteiger partial charge is 0.416 e. The second-order valence-electron chi connectivity index (χ2n) is 3.50. The monoisotopic (exact) mass is 362 g/mol. The topological polar surface area (TPSA) is 35.5 Å². The van der Waals surface area contributed by atoms with Crippen molar-refractivity contribution in [2.24, 2.45) is 0 Å². The minimum Gasteiger partial charge on any atom is -0.465 e. The van der Waals surface area contributed by atoms with Crippen LogP contribution < -0.4 is 4.74 Å². The Kier molecular flexibility index (Phi) is 5.32. The van der Waals surface area contributed by atoms with Gasteiger partial charge in [-0.25, -0.2) is 4.79 Å². The Bertz CT molecular complexity index is 502. The van der Waals surface area contributed by atoms with E-state index in [1.165, 1.54) is 0 Å². The third kappa shape index (κ3) is 3.81. The number of alkyl halides is 6. The highest BCUT2D eigenvalue weighted by Crippen LogP contribution is 2.37. The van der Waals surface area contributed by atoms with E-state index in [2.05, 4.69) is 25.4 Å². The third-order valence-corrected chi connectivity index (χ3v) is 2.85. The predicted octanol–water partition coefficient (Wildman–Crippen LogP) is 3.99. The van der Waals surface area contributed by atoms with E-state index in [9.17, 15) is 26.7 Å². The molecule has 20 heavy (non-hydrogen) atoms. The molecule has 3 nitrogen and oxygen atoms in total. The first-order valence-electron chi connectivity index (χ1n) is 5.04. The fourth-order valence-electron chi connectivity index (χ4n) is 1.51. The van der Waals surface area contributed by atoms with Crippen LogP contribution in [0.1, 0.15) is 21.5 Å². The van der Waals surface area contributed by atoms with E-state index in [0.717, 1.165) is 13.2 Å². The molecule has 0 saturated carbocycles. The number of hydrogen-bond donors (Lipinski definition) is 0. The van der Waals surface area contributed by atoms with E-state index >= 15 is 0 Å². The van der Waals surface area contributed by atoms with Crippen LogP contribution in [0, 0.1) is 0 Å². The van der Waals surface area contributed by atoms with Gasteiger partial charge in [0.25, 0.3) is 0 Å². The van der Waals surface area contributed by atoms with Gasteiger partial charge in [-0.15, -0.1) is 0 Å². The Hall–Kier alpha value is -1.38. The highest BCUT2D eigenvalue weighted by Gasteiger charge is 2.36. The Morgan fingerprint density at radius 3 is 2.35 bits per heavy atom.